The average molecular weight is 514 g/mol. The minimum Gasteiger partial charge on any atom is -0.487 e. The molecule has 0 saturated heterocycles. The number of anilines is 2. The zero-order valence-electron chi connectivity index (χ0n) is 19.9. The molecule has 2 aromatic rings. The second-order valence-electron chi connectivity index (χ2n) is 9.76. The van der Waals surface area contributed by atoms with Crippen molar-refractivity contribution in [1.82, 2.24) is 5.32 Å². The standard InChI is InChI=1S/C24H27ClF3N3O4/c1-22(2,3)35-21(33)29-13-9-10-18-14(11-13)17(12-23(4,5)34-18)30-20(32)31-19-15(24(26,27)28)7-6-8-16(19)25/h6-11,17H,12H2,1-5H3,(H,29,33)(H2,30,31,32)/t17-/m0/s1. The van der Waals surface area contributed by atoms with E-state index in [4.69, 9.17) is 21.1 Å². The number of halogens is 4. The van der Waals surface area contributed by atoms with Crippen LogP contribution in [0.2, 0.25) is 5.02 Å². The summed E-state index contributed by atoms with van der Waals surface area (Å²) in [5.74, 6) is 0.468. The summed E-state index contributed by atoms with van der Waals surface area (Å²) >= 11 is 5.95. The number of hydrogen-bond acceptors (Lipinski definition) is 4. The lowest BCUT2D eigenvalue weighted by molar-refractivity contribution is -0.136. The summed E-state index contributed by atoms with van der Waals surface area (Å²) < 4.78 is 51.4. The fraction of sp³-hybridized carbons (Fsp3) is 0.417. The molecule has 3 N–H and O–H groups in total. The van der Waals surface area contributed by atoms with Crippen LogP contribution in [0.4, 0.5) is 34.1 Å². The minimum absolute atomic E-state index is 0.244. The first kappa shape index (κ1) is 26.5. The first-order chi connectivity index (χ1) is 16.0. The molecule has 2 aromatic carbocycles. The van der Waals surface area contributed by atoms with E-state index in [9.17, 15) is 22.8 Å². The molecular formula is C24H27ClF3N3O4. The van der Waals surface area contributed by atoms with E-state index in [0.717, 1.165) is 12.1 Å². The third-order valence-electron chi connectivity index (χ3n) is 4.98. The highest BCUT2D eigenvalue weighted by Crippen LogP contribution is 2.42. The molecule has 7 nitrogen and oxygen atoms in total. The molecular weight excluding hydrogens is 487 g/mol. The number of hydrogen-bond donors (Lipinski definition) is 3. The van der Waals surface area contributed by atoms with Gasteiger partial charge in [0.15, 0.2) is 0 Å². The van der Waals surface area contributed by atoms with Gasteiger partial charge in [0.2, 0.25) is 0 Å². The van der Waals surface area contributed by atoms with E-state index in [1.165, 1.54) is 6.07 Å². The Hall–Kier alpha value is -3.14. The number of nitrogens with one attached hydrogen (secondary N) is 3. The Morgan fingerprint density at radius 2 is 1.80 bits per heavy atom. The summed E-state index contributed by atoms with van der Waals surface area (Å²) in [4.78, 5) is 24.9. The highest BCUT2D eigenvalue weighted by molar-refractivity contribution is 6.34. The lowest BCUT2D eigenvalue weighted by Crippen LogP contribution is -2.42. The maximum Gasteiger partial charge on any atom is 0.418 e. The van der Waals surface area contributed by atoms with Gasteiger partial charge in [-0.15, -0.1) is 0 Å². The van der Waals surface area contributed by atoms with E-state index in [0.29, 0.717) is 23.4 Å². The molecule has 0 saturated carbocycles. The molecule has 1 atom stereocenters. The SMILES string of the molecule is CC(C)(C)OC(=O)Nc1ccc2c(c1)[C@@H](NC(=O)Nc1c(Cl)cccc1C(F)(F)F)CC(C)(C)O2. The van der Waals surface area contributed by atoms with Gasteiger partial charge in [0, 0.05) is 17.7 Å². The van der Waals surface area contributed by atoms with E-state index in [-0.39, 0.29) is 5.02 Å². The van der Waals surface area contributed by atoms with Gasteiger partial charge in [0.1, 0.15) is 17.0 Å². The Balaban J connectivity index is 1.84. The number of carbonyl (C=O) groups is 2. The number of benzene rings is 2. The molecule has 0 bridgehead atoms. The van der Waals surface area contributed by atoms with Crippen LogP contribution in [-0.4, -0.2) is 23.3 Å². The smallest absolute Gasteiger partial charge is 0.418 e. The fourth-order valence-corrected chi connectivity index (χ4v) is 3.90. The Labute approximate surface area is 206 Å². The number of fused-ring (bicyclic) bond motifs is 1. The highest BCUT2D eigenvalue weighted by Gasteiger charge is 2.37. The van der Waals surface area contributed by atoms with Crippen LogP contribution in [0.25, 0.3) is 0 Å². The number of para-hydroxylation sites is 1. The van der Waals surface area contributed by atoms with Crippen molar-refractivity contribution in [2.24, 2.45) is 0 Å². The molecule has 1 aliphatic rings. The molecule has 0 aliphatic carbocycles. The molecule has 3 amide bonds. The van der Waals surface area contributed by atoms with Gasteiger partial charge in [0.05, 0.1) is 22.3 Å². The maximum atomic E-state index is 13.4. The quantitative estimate of drug-likeness (QED) is 0.407. The summed E-state index contributed by atoms with van der Waals surface area (Å²) in [6.45, 7) is 8.85. The number of alkyl halides is 3. The molecule has 0 radical (unpaired) electrons. The zero-order valence-corrected chi connectivity index (χ0v) is 20.6. The van der Waals surface area contributed by atoms with Crippen molar-refractivity contribution in [2.75, 3.05) is 10.6 Å². The Bertz CT molecular complexity index is 1130. The molecule has 1 aliphatic heterocycles. The van der Waals surface area contributed by atoms with Crippen LogP contribution in [0.15, 0.2) is 36.4 Å². The summed E-state index contributed by atoms with van der Waals surface area (Å²) in [5.41, 5.74) is -2.02. The van der Waals surface area contributed by atoms with Gasteiger partial charge >= 0.3 is 18.3 Å². The van der Waals surface area contributed by atoms with Crippen LogP contribution in [-0.2, 0) is 10.9 Å². The highest BCUT2D eigenvalue weighted by atomic mass is 35.5. The van der Waals surface area contributed by atoms with Crippen molar-refractivity contribution in [1.29, 1.82) is 0 Å². The Kier molecular flexibility index (Phi) is 7.17. The number of rotatable bonds is 3. The van der Waals surface area contributed by atoms with E-state index < -0.39 is 46.8 Å². The van der Waals surface area contributed by atoms with E-state index in [2.05, 4.69) is 16.0 Å². The van der Waals surface area contributed by atoms with Crippen molar-refractivity contribution in [2.45, 2.75) is 64.5 Å². The van der Waals surface area contributed by atoms with Gasteiger partial charge in [-0.05, 0) is 65.0 Å². The number of carbonyl (C=O) groups excluding carboxylic acids is 2. The van der Waals surface area contributed by atoms with Crippen LogP contribution in [0.3, 0.4) is 0 Å². The lowest BCUT2D eigenvalue weighted by Gasteiger charge is -2.38. The zero-order chi connectivity index (χ0) is 26.2. The second kappa shape index (κ2) is 9.49. The van der Waals surface area contributed by atoms with Gasteiger partial charge in [-0.25, -0.2) is 9.59 Å². The summed E-state index contributed by atoms with van der Waals surface area (Å²) in [6, 6.07) is 6.64. The molecule has 0 unspecified atom stereocenters. The monoisotopic (exact) mass is 513 g/mol. The largest absolute Gasteiger partial charge is 0.487 e. The minimum atomic E-state index is -4.71. The predicted octanol–water partition coefficient (Wildman–Crippen LogP) is 7.13. The van der Waals surface area contributed by atoms with Crippen LogP contribution in [0.5, 0.6) is 5.75 Å². The third kappa shape index (κ3) is 6.94. The second-order valence-corrected chi connectivity index (χ2v) is 10.2. The Morgan fingerprint density at radius 3 is 2.43 bits per heavy atom. The molecule has 0 aromatic heterocycles. The first-order valence-electron chi connectivity index (χ1n) is 10.8. The van der Waals surface area contributed by atoms with Crippen molar-refractivity contribution >= 4 is 35.1 Å². The Morgan fingerprint density at radius 1 is 1.11 bits per heavy atom. The van der Waals surface area contributed by atoms with Crippen LogP contribution in [0, 0.1) is 0 Å². The van der Waals surface area contributed by atoms with Gasteiger partial charge in [-0.1, -0.05) is 17.7 Å². The van der Waals surface area contributed by atoms with Crippen molar-refractivity contribution in [3.63, 3.8) is 0 Å². The molecule has 3 rings (SSSR count). The van der Waals surface area contributed by atoms with Gasteiger partial charge < -0.3 is 20.1 Å². The van der Waals surface area contributed by atoms with Crippen molar-refractivity contribution < 1.29 is 32.2 Å². The van der Waals surface area contributed by atoms with Crippen molar-refractivity contribution in [3.8, 4) is 5.75 Å². The van der Waals surface area contributed by atoms with Crippen LogP contribution < -0.4 is 20.7 Å². The molecule has 0 spiro atoms. The summed E-state index contributed by atoms with van der Waals surface area (Å²) in [6.07, 6.45) is -5.05. The predicted molar refractivity (Wildman–Crippen MR) is 127 cm³/mol. The summed E-state index contributed by atoms with van der Waals surface area (Å²) in [5, 5.41) is 7.32. The topological polar surface area (TPSA) is 88.7 Å². The summed E-state index contributed by atoms with van der Waals surface area (Å²) in [7, 11) is 0. The maximum absolute atomic E-state index is 13.4. The van der Waals surface area contributed by atoms with Gasteiger partial charge in [-0.3, -0.25) is 5.32 Å². The first-order valence-corrected chi connectivity index (χ1v) is 11.2. The van der Waals surface area contributed by atoms with Gasteiger partial charge in [-0.2, -0.15) is 13.2 Å². The normalized spacial score (nSPS) is 17.0. The van der Waals surface area contributed by atoms with E-state index in [1.807, 2.05) is 13.8 Å². The van der Waals surface area contributed by atoms with Gasteiger partial charge in [0.25, 0.3) is 0 Å². The average Bonchev–Trinajstić information content (AvgIpc) is 2.67. The number of amides is 3. The molecule has 0 fully saturated rings. The number of urea groups is 1. The molecule has 1 heterocycles. The van der Waals surface area contributed by atoms with E-state index >= 15 is 0 Å². The van der Waals surface area contributed by atoms with Crippen LogP contribution in [0.1, 0.15) is 58.2 Å². The molecule has 190 valence electrons. The molecule has 35 heavy (non-hydrogen) atoms. The third-order valence-corrected chi connectivity index (χ3v) is 5.29. The van der Waals surface area contributed by atoms with Crippen LogP contribution >= 0.6 is 11.6 Å². The lowest BCUT2D eigenvalue weighted by atomic mass is 9.89. The fourth-order valence-electron chi connectivity index (χ4n) is 3.68. The number of ether oxygens (including phenoxy) is 2. The van der Waals surface area contributed by atoms with E-state index in [1.54, 1.807) is 39.0 Å². The van der Waals surface area contributed by atoms with Crippen molar-refractivity contribution in [3.05, 3.63) is 52.5 Å². The molecule has 11 heteroatoms.